The van der Waals surface area contributed by atoms with Crippen LogP contribution in [0.4, 0.5) is 0 Å². The van der Waals surface area contributed by atoms with E-state index in [1.54, 1.807) is 0 Å². The highest BCUT2D eigenvalue weighted by Gasteiger charge is 2.26. The number of aromatic nitrogens is 2. The van der Waals surface area contributed by atoms with E-state index in [0.29, 0.717) is 11.6 Å². The largest absolute Gasteiger partial charge is 0.377 e. The van der Waals surface area contributed by atoms with Gasteiger partial charge in [-0.05, 0) is 27.7 Å². The fourth-order valence-corrected chi connectivity index (χ4v) is 3.25. The third kappa shape index (κ3) is 5.43. The van der Waals surface area contributed by atoms with Crippen LogP contribution in [-0.4, -0.2) is 70.9 Å². The summed E-state index contributed by atoms with van der Waals surface area (Å²) in [5, 5.41) is 5.12. The topological polar surface area (TPSA) is 50.6 Å². The van der Waals surface area contributed by atoms with Gasteiger partial charge in [-0.2, -0.15) is 5.10 Å². The lowest BCUT2D eigenvalue weighted by molar-refractivity contribution is -0.137. The third-order valence-corrected chi connectivity index (χ3v) is 5.25. The number of piperazine rings is 1. The summed E-state index contributed by atoms with van der Waals surface area (Å²) in [4.78, 5) is 17.1. The smallest absolute Gasteiger partial charge is 0.227 e. The first-order chi connectivity index (χ1) is 11.8. The first-order valence-electron chi connectivity index (χ1n) is 9.11. The van der Waals surface area contributed by atoms with Gasteiger partial charge in [0.2, 0.25) is 5.91 Å². The average Bonchev–Trinajstić information content (AvgIpc) is 2.81. The molecule has 0 spiro atoms. The molecule has 7 heteroatoms. The standard InChI is InChI=1S/C18H31ClN4O2/c1-13(2)25-11-10-21-6-8-22(9-7-21)18(24)14(3)12-23-16(5)17(19)15(4)20-23/h13-14H,6-12H2,1-5H3/t14-/m0/s1. The molecule has 1 aliphatic rings. The van der Waals surface area contributed by atoms with Gasteiger partial charge in [0.1, 0.15) is 0 Å². The van der Waals surface area contributed by atoms with Crippen LogP contribution >= 0.6 is 11.6 Å². The minimum atomic E-state index is -0.107. The van der Waals surface area contributed by atoms with Crippen molar-refractivity contribution >= 4 is 17.5 Å². The van der Waals surface area contributed by atoms with Gasteiger partial charge in [-0.1, -0.05) is 18.5 Å². The summed E-state index contributed by atoms with van der Waals surface area (Å²) in [6.45, 7) is 15.5. The second kappa shape index (κ2) is 9.01. The molecule has 1 amide bonds. The van der Waals surface area contributed by atoms with Gasteiger partial charge in [0.25, 0.3) is 0 Å². The van der Waals surface area contributed by atoms with Crippen LogP contribution in [0.25, 0.3) is 0 Å². The number of nitrogens with zero attached hydrogens (tertiary/aromatic N) is 4. The van der Waals surface area contributed by atoms with Crippen molar-refractivity contribution < 1.29 is 9.53 Å². The predicted molar refractivity (Wildman–Crippen MR) is 100.0 cm³/mol. The number of ether oxygens (including phenoxy) is 1. The summed E-state index contributed by atoms with van der Waals surface area (Å²) in [6, 6.07) is 0. The molecule has 0 aromatic carbocycles. The molecule has 0 unspecified atom stereocenters. The Bertz CT molecular complexity index is 580. The Hall–Kier alpha value is -1.11. The van der Waals surface area contributed by atoms with E-state index in [9.17, 15) is 4.79 Å². The average molecular weight is 371 g/mol. The van der Waals surface area contributed by atoms with Crippen molar-refractivity contribution in [2.45, 2.75) is 47.3 Å². The zero-order valence-electron chi connectivity index (χ0n) is 16.1. The maximum Gasteiger partial charge on any atom is 0.227 e. The molecule has 0 radical (unpaired) electrons. The number of halogens is 1. The van der Waals surface area contributed by atoms with E-state index >= 15 is 0 Å². The number of hydrogen-bond donors (Lipinski definition) is 0. The van der Waals surface area contributed by atoms with E-state index in [0.717, 1.165) is 50.7 Å². The van der Waals surface area contributed by atoms with Crippen LogP contribution < -0.4 is 0 Å². The number of amides is 1. The minimum absolute atomic E-state index is 0.107. The molecule has 1 fully saturated rings. The Kier molecular flexibility index (Phi) is 7.28. The second-order valence-electron chi connectivity index (χ2n) is 7.15. The SMILES string of the molecule is Cc1nn(C[C@H](C)C(=O)N2CCN(CCOC(C)C)CC2)c(C)c1Cl. The third-order valence-electron chi connectivity index (χ3n) is 4.70. The van der Waals surface area contributed by atoms with Crippen molar-refractivity contribution in [3.05, 3.63) is 16.4 Å². The molecule has 6 nitrogen and oxygen atoms in total. The Morgan fingerprint density at radius 2 is 1.84 bits per heavy atom. The maximum atomic E-state index is 12.7. The van der Waals surface area contributed by atoms with Crippen LogP contribution in [0.3, 0.4) is 0 Å². The van der Waals surface area contributed by atoms with Gasteiger partial charge in [-0.3, -0.25) is 14.4 Å². The maximum absolute atomic E-state index is 12.7. The lowest BCUT2D eigenvalue weighted by Crippen LogP contribution is -2.51. The second-order valence-corrected chi connectivity index (χ2v) is 7.53. The highest BCUT2D eigenvalue weighted by atomic mass is 35.5. The molecule has 1 aromatic heterocycles. The van der Waals surface area contributed by atoms with Gasteiger partial charge < -0.3 is 9.64 Å². The molecule has 25 heavy (non-hydrogen) atoms. The van der Waals surface area contributed by atoms with Gasteiger partial charge in [0.05, 0.1) is 41.6 Å². The summed E-state index contributed by atoms with van der Waals surface area (Å²) in [5.41, 5.74) is 1.74. The molecule has 0 bridgehead atoms. The van der Waals surface area contributed by atoms with Crippen LogP contribution in [0.5, 0.6) is 0 Å². The van der Waals surface area contributed by atoms with Gasteiger partial charge in [0.15, 0.2) is 0 Å². The van der Waals surface area contributed by atoms with Gasteiger partial charge >= 0.3 is 0 Å². The summed E-state index contributed by atoms with van der Waals surface area (Å²) < 4.78 is 7.45. The van der Waals surface area contributed by atoms with Crippen molar-refractivity contribution in [3.63, 3.8) is 0 Å². The van der Waals surface area contributed by atoms with E-state index in [2.05, 4.69) is 10.00 Å². The number of carbonyl (C=O) groups excluding carboxylic acids is 1. The van der Waals surface area contributed by atoms with Crippen molar-refractivity contribution in [2.24, 2.45) is 5.92 Å². The van der Waals surface area contributed by atoms with Crippen LogP contribution in [0.1, 0.15) is 32.2 Å². The lowest BCUT2D eigenvalue weighted by atomic mass is 10.1. The number of carbonyl (C=O) groups is 1. The van der Waals surface area contributed by atoms with E-state index in [1.807, 2.05) is 44.2 Å². The molecule has 2 rings (SSSR count). The highest BCUT2D eigenvalue weighted by molar-refractivity contribution is 6.31. The van der Waals surface area contributed by atoms with Crippen LogP contribution in [0.2, 0.25) is 5.02 Å². The zero-order chi connectivity index (χ0) is 18.6. The van der Waals surface area contributed by atoms with Crippen molar-refractivity contribution in [1.82, 2.24) is 19.6 Å². The van der Waals surface area contributed by atoms with E-state index in [4.69, 9.17) is 16.3 Å². The van der Waals surface area contributed by atoms with Gasteiger partial charge in [-0.25, -0.2) is 0 Å². The van der Waals surface area contributed by atoms with Crippen molar-refractivity contribution in [1.29, 1.82) is 0 Å². The normalized spacial score (nSPS) is 17.3. The molecule has 1 saturated heterocycles. The van der Waals surface area contributed by atoms with E-state index < -0.39 is 0 Å². The molecule has 0 aliphatic carbocycles. The first kappa shape index (κ1) is 20.2. The van der Waals surface area contributed by atoms with E-state index in [1.165, 1.54) is 0 Å². The quantitative estimate of drug-likeness (QED) is 0.739. The van der Waals surface area contributed by atoms with Crippen LogP contribution in [-0.2, 0) is 16.1 Å². The first-order valence-corrected chi connectivity index (χ1v) is 9.49. The van der Waals surface area contributed by atoms with Crippen LogP contribution in [0, 0.1) is 19.8 Å². The van der Waals surface area contributed by atoms with Gasteiger partial charge in [-0.15, -0.1) is 0 Å². The molecule has 142 valence electrons. The zero-order valence-corrected chi connectivity index (χ0v) is 16.8. The fourth-order valence-electron chi connectivity index (χ4n) is 3.11. The van der Waals surface area contributed by atoms with E-state index in [-0.39, 0.29) is 17.9 Å². The molecule has 0 saturated carbocycles. The fraction of sp³-hybridized carbons (Fsp3) is 0.778. The summed E-state index contributed by atoms with van der Waals surface area (Å²) >= 11 is 6.19. The molecule has 2 heterocycles. The minimum Gasteiger partial charge on any atom is -0.377 e. The monoisotopic (exact) mass is 370 g/mol. The summed E-state index contributed by atoms with van der Waals surface area (Å²) in [5.74, 6) is 0.0895. The number of aryl methyl sites for hydroxylation is 1. The molecule has 0 N–H and O–H groups in total. The summed E-state index contributed by atoms with van der Waals surface area (Å²) in [6.07, 6.45) is 0.270. The molecule has 1 aromatic rings. The van der Waals surface area contributed by atoms with Crippen LogP contribution in [0.15, 0.2) is 0 Å². The molecule has 1 aliphatic heterocycles. The Labute approximate surface area is 156 Å². The number of hydrogen-bond acceptors (Lipinski definition) is 4. The van der Waals surface area contributed by atoms with Crippen molar-refractivity contribution in [2.75, 3.05) is 39.3 Å². The summed E-state index contributed by atoms with van der Waals surface area (Å²) in [7, 11) is 0. The Morgan fingerprint density at radius 3 is 2.36 bits per heavy atom. The number of rotatable bonds is 7. The highest BCUT2D eigenvalue weighted by Crippen LogP contribution is 2.20. The Balaban J connectivity index is 1.80. The molecular weight excluding hydrogens is 340 g/mol. The predicted octanol–water partition coefficient (Wildman–Crippen LogP) is 2.36. The van der Waals surface area contributed by atoms with Gasteiger partial charge in [0, 0.05) is 32.7 Å². The molecule has 1 atom stereocenters. The molecular formula is C18H31ClN4O2. The van der Waals surface area contributed by atoms with Crippen molar-refractivity contribution in [3.8, 4) is 0 Å². The Morgan fingerprint density at radius 1 is 1.20 bits per heavy atom. The lowest BCUT2D eigenvalue weighted by Gasteiger charge is -2.36.